The summed E-state index contributed by atoms with van der Waals surface area (Å²) in [5.41, 5.74) is -2.21. The second-order valence-electron chi connectivity index (χ2n) is 12.5. The Morgan fingerprint density at radius 1 is 0.727 bits per heavy atom. The number of hydrogen-bond donors (Lipinski definition) is 2. The van der Waals surface area contributed by atoms with Crippen molar-refractivity contribution in [3.63, 3.8) is 0 Å². The Labute approximate surface area is 199 Å². The second kappa shape index (κ2) is 9.44. The fourth-order valence-corrected chi connectivity index (χ4v) is 5.61. The maximum atomic E-state index is 12.6. The van der Waals surface area contributed by atoms with Crippen LogP contribution in [0.5, 0.6) is 0 Å². The Balaban J connectivity index is 2.00. The molecule has 2 rings (SSSR count). The van der Waals surface area contributed by atoms with Gasteiger partial charge in [0.25, 0.3) is 0 Å². The van der Waals surface area contributed by atoms with E-state index in [9.17, 15) is 20.0 Å². The smallest absolute Gasteiger partial charge is 0.317 e. The van der Waals surface area contributed by atoms with E-state index in [0.29, 0.717) is 25.7 Å². The molecule has 2 heterocycles. The third-order valence-corrected chi connectivity index (χ3v) is 8.22. The zero-order valence-corrected chi connectivity index (χ0v) is 22.3. The standard InChI is InChI=1S/C25H46N2O6/c1-16(2)24(9)14-18(12-22(5,6)26(24)30)32-20(28)11-21(29)33-19-13-23(7,8)27(31)25(10,15-19)17(3)4/h16-19,30-31H,11-15H2,1-10H3. The van der Waals surface area contributed by atoms with Crippen LogP contribution in [0.25, 0.3) is 0 Å². The molecule has 192 valence electrons. The van der Waals surface area contributed by atoms with Crippen molar-refractivity contribution in [2.45, 2.75) is 136 Å². The highest BCUT2D eigenvalue weighted by molar-refractivity contribution is 5.91. The van der Waals surface area contributed by atoms with Gasteiger partial charge in [0, 0.05) is 47.8 Å². The molecule has 2 aliphatic rings. The number of ether oxygens (including phenoxy) is 2. The van der Waals surface area contributed by atoms with Crippen molar-refractivity contribution < 1.29 is 29.5 Å². The third-order valence-electron chi connectivity index (χ3n) is 8.22. The molecular formula is C25H46N2O6. The lowest BCUT2D eigenvalue weighted by molar-refractivity contribution is -0.276. The molecule has 2 saturated heterocycles. The van der Waals surface area contributed by atoms with Gasteiger partial charge in [0.1, 0.15) is 18.6 Å². The van der Waals surface area contributed by atoms with E-state index in [1.807, 2.05) is 69.2 Å². The SMILES string of the molecule is CC(C)C1(C)CC(OC(=O)CC(=O)OC2CC(C)(C)N(O)C(C)(C(C)C)C2)CC(C)(C)N1O. The van der Waals surface area contributed by atoms with Crippen LogP contribution in [0.4, 0.5) is 0 Å². The summed E-state index contributed by atoms with van der Waals surface area (Å²) in [6.07, 6.45) is 0.693. The minimum absolute atomic E-state index is 0.143. The summed E-state index contributed by atoms with van der Waals surface area (Å²) >= 11 is 0. The molecule has 0 bridgehead atoms. The van der Waals surface area contributed by atoms with Crippen LogP contribution in [0, 0.1) is 11.8 Å². The van der Waals surface area contributed by atoms with Crippen LogP contribution in [-0.2, 0) is 19.1 Å². The normalized spacial score (nSPS) is 35.0. The topological polar surface area (TPSA) is 99.5 Å². The number of hydroxylamine groups is 4. The number of rotatable bonds is 6. The number of piperidine rings is 2. The van der Waals surface area contributed by atoms with Gasteiger partial charge in [-0.2, -0.15) is 10.1 Å². The quantitative estimate of drug-likeness (QED) is 0.431. The molecule has 0 amide bonds. The molecule has 4 atom stereocenters. The summed E-state index contributed by atoms with van der Waals surface area (Å²) in [7, 11) is 0. The molecule has 33 heavy (non-hydrogen) atoms. The lowest BCUT2D eigenvalue weighted by Crippen LogP contribution is -2.64. The molecule has 2 aliphatic heterocycles. The van der Waals surface area contributed by atoms with Crippen LogP contribution in [0.1, 0.15) is 101 Å². The van der Waals surface area contributed by atoms with Gasteiger partial charge in [0.2, 0.25) is 0 Å². The first kappa shape index (κ1) is 28.0. The Bertz CT molecular complexity index is 676. The van der Waals surface area contributed by atoms with Crippen molar-refractivity contribution in [2.24, 2.45) is 11.8 Å². The predicted octanol–water partition coefficient (Wildman–Crippen LogP) is 4.56. The molecule has 8 nitrogen and oxygen atoms in total. The second-order valence-corrected chi connectivity index (χ2v) is 12.5. The van der Waals surface area contributed by atoms with Gasteiger partial charge in [-0.25, -0.2) is 0 Å². The van der Waals surface area contributed by atoms with E-state index in [1.165, 1.54) is 10.1 Å². The highest BCUT2D eigenvalue weighted by Gasteiger charge is 2.51. The van der Waals surface area contributed by atoms with Crippen molar-refractivity contribution in [2.75, 3.05) is 0 Å². The minimum atomic E-state index is -0.608. The summed E-state index contributed by atoms with van der Waals surface area (Å²) in [4.78, 5) is 25.2. The average molecular weight is 471 g/mol. The minimum Gasteiger partial charge on any atom is -0.462 e. The van der Waals surface area contributed by atoms with Crippen LogP contribution in [0.3, 0.4) is 0 Å². The van der Waals surface area contributed by atoms with Gasteiger partial charge in [-0.05, 0) is 53.4 Å². The van der Waals surface area contributed by atoms with Crippen LogP contribution in [0.2, 0.25) is 0 Å². The van der Waals surface area contributed by atoms with E-state index >= 15 is 0 Å². The van der Waals surface area contributed by atoms with Gasteiger partial charge in [-0.3, -0.25) is 9.59 Å². The fourth-order valence-electron chi connectivity index (χ4n) is 5.61. The number of carbonyl (C=O) groups is 2. The molecule has 0 radical (unpaired) electrons. The van der Waals surface area contributed by atoms with E-state index in [2.05, 4.69) is 0 Å². The molecule has 4 unspecified atom stereocenters. The van der Waals surface area contributed by atoms with Crippen molar-refractivity contribution in [1.29, 1.82) is 0 Å². The average Bonchev–Trinajstić information content (AvgIpc) is 2.62. The number of nitrogens with zero attached hydrogens (tertiary/aromatic N) is 2. The fraction of sp³-hybridized carbons (Fsp3) is 0.920. The summed E-state index contributed by atoms with van der Waals surface area (Å²) in [5.74, 6) is -0.930. The van der Waals surface area contributed by atoms with Gasteiger partial charge in [-0.15, -0.1) is 0 Å². The molecule has 2 N–H and O–H groups in total. The molecule has 0 saturated carbocycles. The van der Waals surface area contributed by atoms with Gasteiger partial charge < -0.3 is 19.9 Å². The van der Waals surface area contributed by atoms with E-state index in [4.69, 9.17) is 9.47 Å². The zero-order chi connectivity index (χ0) is 25.6. The monoisotopic (exact) mass is 470 g/mol. The molecular weight excluding hydrogens is 424 g/mol. The summed E-state index contributed by atoms with van der Waals surface area (Å²) in [6, 6.07) is 0. The molecule has 8 heteroatoms. The lowest BCUT2D eigenvalue weighted by Gasteiger charge is -2.54. The number of carbonyl (C=O) groups excluding carboxylic acids is 2. The molecule has 0 spiro atoms. The van der Waals surface area contributed by atoms with Crippen LogP contribution < -0.4 is 0 Å². The van der Waals surface area contributed by atoms with E-state index in [-0.39, 0.29) is 11.8 Å². The van der Waals surface area contributed by atoms with Crippen molar-refractivity contribution in [3.8, 4) is 0 Å². The van der Waals surface area contributed by atoms with Crippen molar-refractivity contribution >= 4 is 11.9 Å². The Kier molecular flexibility index (Phi) is 8.01. The first-order valence-electron chi connectivity index (χ1n) is 12.2. The molecule has 0 aromatic heterocycles. The van der Waals surface area contributed by atoms with E-state index < -0.39 is 52.7 Å². The highest BCUT2D eigenvalue weighted by atomic mass is 16.6. The maximum Gasteiger partial charge on any atom is 0.317 e. The summed E-state index contributed by atoms with van der Waals surface area (Å²) in [6.45, 7) is 19.7. The predicted molar refractivity (Wildman–Crippen MR) is 125 cm³/mol. The van der Waals surface area contributed by atoms with Gasteiger partial charge in [0.15, 0.2) is 0 Å². The van der Waals surface area contributed by atoms with Crippen molar-refractivity contribution in [1.82, 2.24) is 10.1 Å². The van der Waals surface area contributed by atoms with Crippen LogP contribution in [0.15, 0.2) is 0 Å². The summed E-state index contributed by atoms with van der Waals surface area (Å²) < 4.78 is 11.4. The largest absolute Gasteiger partial charge is 0.462 e. The molecule has 0 aromatic rings. The van der Waals surface area contributed by atoms with Crippen molar-refractivity contribution in [3.05, 3.63) is 0 Å². The zero-order valence-electron chi connectivity index (χ0n) is 22.3. The first-order chi connectivity index (χ1) is 14.8. The number of esters is 2. The lowest BCUT2D eigenvalue weighted by atomic mass is 9.73. The Morgan fingerprint density at radius 3 is 1.30 bits per heavy atom. The maximum absolute atomic E-state index is 12.6. The molecule has 0 aliphatic carbocycles. The van der Waals surface area contributed by atoms with Crippen LogP contribution >= 0.6 is 0 Å². The number of hydrogen-bond acceptors (Lipinski definition) is 8. The highest BCUT2D eigenvalue weighted by Crippen LogP contribution is 2.43. The van der Waals surface area contributed by atoms with E-state index in [1.54, 1.807) is 0 Å². The third kappa shape index (κ3) is 5.72. The molecule has 0 aromatic carbocycles. The molecule has 2 fully saturated rings. The van der Waals surface area contributed by atoms with Gasteiger partial charge in [0.05, 0.1) is 0 Å². The van der Waals surface area contributed by atoms with E-state index in [0.717, 1.165) is 0 Å². The summed E-state index contributed by atoms with van der Waals surface area (Å²) in [5, 5.41) is 24.3. The Morgan fingerprint density at radius 2 is 1.03 bits per heavy atom. The van der Waals surface area contributed by atoms with Crippen LogP contribution in [-0.4, -0.2) is 66.8 Å². The van der Waals surface area contributed by atoms with Gasteiger partial charge in [-0.1, -0.05) is 27.7 Å². The first-order valence-corrected chi connectivity index (χ1v) is 12.2. The Hall–Kier alpha value is -1.22. The van der Waals surface area contributed by atoms with Gasteiger partial charge >= 0.3 is 11.9 Å².